The Morgan fingerprint density at radius 1 is 1.35 bits per heavy atom. The number of hydrogen-bond donors (Lipinski definition) is 2. The zero-order valence-corrected chi connectivity index (χ0v) is 15.1. The number of amides is 1. The van der Waals surface area contributed by atoms with Crippen LogP contribution in [0.1, 0.15) is 18.4 Å². The standard InChI is InChI=1S/C19H24N4O3/c1-22-9-7-17(8-10-22)23(2)19(26)15(12-20)13-21-16-5-3-14(4-6-16)11-18(24)25/h3-6,13,17,21H,7-11H2,1-2H3,(H,24,25)/b15-13-. The third kappa shape index (κ3) is 5.33. The average Bonchev–Trinajstić information content (AvgIpc) is 2.63. The second kappa shape index (κ2) is 9.02. The molecule has 0 aromatic heterocycles. The lowest BCUT2D eigenvalue weighted by Crippen LogP contribution is -2.44. The van der Waals surface area contributed by atoms with Gasteiger partial charge in [0.25, 0.3) is 5.91 Å². The van der Waals surface area contributed by atoms with Gasteiger partial charge >= 0.3 is 5.97 Å². The second-order valence-electron chi connectivity index (χ2n) is 6.53. The van der Waals surface area contributed by atoms with Crippen LogP contribution in [0.3, 0.4) is 0 Å². The molecule has 0 bridgehead atoms. The van der Waals surface area contributed by atoms with E-state index in [1.165, 1.54) is 6.20 Å². The van der Waals surface area contributed by atoms with Crippen molar-refractivity contribution in [2.45, 2.75) is 25.3 Å². The third-order valence-electron chi connectivity index (χ3n) is 4.60. The van der Waals surface area contributed by atoms with Crippen LogP contribution in [0.5, 0.6) is 0 Å². The van der Waals surface area contributed by atoms with Crippen LogP contribution in [0.25, 0.3) is 0 Å². The Morgan fingerprint density at radius 3 is 2.50 bits per heavy atom. The van der Waals surface area contributed by atoms with E-state index in [4.69, 9.17) is 5.11 Å². The Hall–Kier alpha value is -2.85. The van der Waals surface area contributed by atoms with Crippen LogP contribution in [0.15, 0.2) is 36.0 Å². The van der Waals surface area contributed by atoms with Gasteiger partial charge in [0.05, 0.1) is 6.42 Å². The van der Waals surface area contributed by atoms with E-state index >= 15 is 0 Å². The minimum atomic E-state index is -0.889. The molecule has 0 unspecified atom stereocenters. The van der Waals surface area contributed by atoms with Crippen molar-refractivity contribution in [1.82, 2.24) is 9.80 Å². The van der Waals surface area contributed by atoms with Crippen LogP contribution in [0, 0.1) is 11.3 Å². The monoisotopic (exact) mass is 356 g/mol. The van der Waals surface area contributed by atoms with Crippen LogP contribution in [0.2, 0.25) is 0 Å². The van der Waals surface area contributed by atoms with Crippen molar-refractivity contribution < 1.29 is 14.7 Å². The summed E-state index contributed by atoms with van der Waals surface area (Å²) >= 11 is 0. The van der Waals surface area contributed by atoms with Gasteiger partial charge in [-0.1, -0.05) is 12.1 Å². The number of aliphatic carboxylic acids is 1. The number of anilines is 1. The lowest BCUT2D eigenvalue weighted by Gasteiger charge is -2.34. The van der Waals surface area contributed by atoms with Gasteiger partial charge < -0.3 is 20.2 Å². The summed E-state index contributed by atoms with van der Waals surface area (Å²) in [7, 11) is 3.80. The normalized spacial score (nSPS) is 16.0. The molecule has 1 aliphatic heterocycles. The van der Waals surface area contributed by atoms with Gasteiger partial charge in [-0.25, -0.2) is 0 Å². The summed E-state index contributed by atoms with van der Waals surface area (Å²) in [5.74, 6) is -1.18. The Kier molecular flexibility index (Phi) is 6.75. The number of carbonyl (C=O) groups excluding carboxylic acids is 1. The van der Waals surface area contributed by atoms with Crippen molar-refractivity contribution in [1.29, 1.82) is 5.26 Å². The van der Waals surface area contributed by atoms with Gasteiger partial charge in [0, 0.05) is 25.0 Å². The van der Waals surface area contributed by atoms with Gasteiger partial charge in [-0.15, -0.1) is 0 Å². The molecule has 1 fully saturated rings. The summed E-state index contributed by atoms with van der Waals surface area (Å²) in [5, 5.41) is 21.0. The first-order chi connectivity index (χ1) is 12.4. The van der Waals surface area contributed by atoms with Gasteiger partial charge in [-0.3, -0.25) is 9.59 Å². The quantitative estimate of drug-likeness (QED) is 0.595. The number of benzene rings is 1. The van der Waals surface area contributed by atoms with E-state index in [-0.39, 0.29) is 23.9 Å². The molecular weight excluding hydrogens is 332 g/mol. The summed E-state index contributed by atoms with van der Waals surface area (Å²) in [6.45, 7) is 1.88. The zero-order valence-electron chi connectivity index (χ0n) is 15.1. The van der Waals surface area contributed by atoms with Crippen molar-refractivity contribution in [2.75, 3.05) is 32.5 Å². The van der Waals surface area contributed by atoms with Crippen molar-refractivity contribution in [2.24, 2.45) is 0 Å². The highest BCUT2D eigenvalue weighted by Gasteiger charge is 2.25. The van der Waals surface area contributed by atoms with Crippen LogP contribution >= 0.6 is 0 Å². The van der Waals surface area contributed by atoms with Gasteiger partial charge in [0.1, 0.15) is 11.6 Å². The molecule has 0 spiro atoms. The predicted octanol–water partition coefficient (Wildman–Crippen LogP) is 1.69. The Balaban J connectivity index is 1.99. The molecule has 0 aliphatic carbocycles. The summed E-state index contributed by atoms with van der Waals surface area (Å²) in [5.41, 5.74) is 1.41. The predicted molar refractivity (Wildman–Crippen MR) is 98.4 cm³/mol. The van der Waals surface area contributed by atoms with E-state index in [0.717, 1.165) is 25.9 Å². The largest absolute Gasteiger partial charge is 0.481 e. The van der Waals surface area contributed by atoms with Gasteiger partial charge in [-0.2, -0.15) is 5.26 Å². The molecule has 2 rings (SSSR count). The summed E-state index contributed by atoms with van der Waals surface area (Å²) in [4.78, 5) is 27.1. The van der Waals surface area contributed by atoms with Crippen molar-refractivity contribution >= 4 is 17.6 Å². The molecule has 0 radical (unpaired) electrons. The molecular formula is C19H24N4O3. The van der Waals surface area contributed by atoms with E-state index in [2.05, 4.69) is 17.3 Å². The molecule has 1 aromatic carbocycles. The highest BCUT2D eigenvalue weighted by atomic mass is 16.4. The fraction of sp³-hybridized carbons (Fsp3) is 0.421. The first kappa shape index (κ1) is 19.5. The number of likely N-dealkylation sites (tertiary alicyclic amines) is 1. The summed E-state index contributed by atoms with van der Waals surface area (Å²) in [6.07, 6.45) is 3.16. The van der Waals surface area contributed by atoms with E-state index in [0.29, 0.717) is 11.3 Å². The summed E-state index contributed by atoms with van der Waals surface area (Å²) in [6, 6.07) is 8.93. The van der Waals surface area contributed by atoms with Crippen molar-refractivity contribution in [3.8, 4) is 6.07 Å². The summed E-state index contributed by atoms with van der Waals surface area (Å²) < 4.78 is 0. The highest BCUT2D eigenvalue weighted by molar-refractivity contribution is 5.97. The maximum absolute atomic E-state index is 12.6. The van der Waals surface area contributed by atoms with Crippen molar-refractivity contribution in [3.05, 3.63) is 41.6 Å². The zero-order chi connectivity index (χ0) is 19.1. The van der Waals surface area contributed by atoms with Crippen LogP contribution in [0.4, 0.5) is 5.69 Å². The Bertz CT molecular complexity index is 713. The second-order valence-corrected chi connectivity index (χ2v) is 6.53. The lowest BCUT2D eigenvalue weighted by atomic mass is 10.0. The van der Waals surface area contributed by atoms with E-state index in [1.807, 2.05) is 6.07 Å². The number of likely N-dealkylation sites (N-methyl/N-ethyl adjacent to an activating group) is 1. The maximum Gasteiger partial charge on any atom is 0.307 e. The number of carboxylic acids is 1. The smallest absolute Gasteiger partial charge is 0.307 e. The molecule has 1 aliphatic rings. The number of rotatable bonds is 6. The van der Waals surface area contributed by atoms with Gasteiger partial charge in [0.15, 0.2) is 0 Å². The van der Waals surface area contributed by atoms with E-state index in [1.54, 1.807) is 36.2 Å². The number of carbonyl (C=O) groups is 2. The Morgan fingerprint density at radius 2 is 1.96 bits per heavy atom. The molecule has 0 saturated carbocycles. The Labute approximate surface area is 153 Å². The average molecular weight is 356 g/mol. The highest BCUT2D eigenvalue weighted by Crippen LogP contribution is 2.17. The molecule has 2 N–H and O–H groups in total. The number of nitrogens with one attached hydrogen (secondary N) is 1. The fourth-order valence-corrected chi connectivity index (χ4v) is 2.93. The molecule has 0 atom stereocenters. The molecule has 138 valence electrons. The maximum atomic E-state index is 12.6. The molecule has 1 amide bonds. The first-order valence-corrected chi connectivity index (χ1v) is 8.54. The number of hydrogen-bond acceptors (Lipinski definition) is 5. The molecule has 7 heteroatoms. The number of carboxylic acid groups (broad SMARTS) is 1. The van der Waals surface area contributed by atoms with E-state index in [9.17, 15) is 14.9 Å². The molecule has 26 heavy (non-hydrogen) atoms. The lowest BCUT2D eigenvalue weighted by molar-refractivity contribution is -0.136. The molecule has 1 heterocycles. The van der Waals surface area contributed by atoms with Gasteiger partial charge in [-0.05, 0) is 50.7 Å². The molecule has 1 aromatic rings. The number of piperidine rings is 1. The third-order valence-corrected chi connectivity index (χ3v) is 4.60. The van der Waals surface area contributed by atoms with E-state index < -0.39 is 5.97 Å². The minimum Gasteiger partial charge on any atom is -0.481 e. The fourth-order valence-electron chi connectivity index (χ4n) is 2.93. The number of nitrogens with zero attached hydrogens (tertiary/aromatic N) is 3. The molecule has 7 nitrogen and oxygen atoms in total. The minimum absolute atomic E-state index is 0.0422. The number of nitriles is 1. The van der Waals surface area contributed by atoms with Gasteiger partial charge in [0.2, 0.25) is 0 Å². The van der Waals surface area contributed by atoms with Crippen molar-refractivity contribution in [3.63, 3.8) is 0 Å². The SMILES string of the molecule is CN1CCC(N(C)C(=O)/C(C#N)=C\Nc2ccc(CC(=O)O)cc2)CC1. The molecule has 1 saturated heterocycles. The topological polar surface area (TPSA) is 96.7 Å². The van der Waals surface area contributed by atoms with Crippen LogP contribution < -0.4 is 5.32 Å². The van der Waals surface area contributed by atoms with Crippen LogP contribution in [-0.2, 0) is 16.0 Å². The van der Waals surface area contributed by atoms with Crippen LogP contribution in [-0.4, -0.2) is 60.0 Å². The first-order valence-electron chi connectivity index (χ1n) is 8.54.